The van der Waals surface area contributed by atoms with Crippen molar-refractivity contribution in [1.82, 2.24) is 4.98 Å². The Morgan fingerprint density at radius 1 is 0.889 bits per heavy atom. The van der Waals surface area contributed by atoms with Gasteiger partial charge < -0.3 is 0 Å². The molecular weight excluding hydrogens is 239 g/mol. The summed E-state index contributed by atoms with van der Waals surface area (Å²) in [6, 6.07) is 9.65. The maximum Gasteiger partial charge on any atom is 0.417 e. The average Bonchev–Trinajstić information content (AvgIpc) is 2.34. The molecule has 0 aliphatic carbocycles. The molecule has 3 rings (SSSR count). The highest BCUT2D eigenvalue weighted by Gasteiger charge is 2.34. The van der Waals surface area contributed by atoms with Gasteiger partial charge in [-0.1, -0.05) is 24.3 Å². The van der Waals surface area contributed by atoms with Crippen molar-refractivity contribution < 1.29 is 13.2 Å². The van der Waals surface area contributed by atoms with E-state index in [9.17, 15) is 13.2 Å². The molecule has 0 bridgehead atoms. The van der Waals surface area contributed by atoms with Crippen molar-refractivity contribution in [2.75, 3.05) is 0 Å². The van der Waals surface area contributed by atoms with E-state index in [1.807, 2.05) is 0 Å². The molecule has 0 saturated heterocycles. The molecule has 0 aliphatic rings. The lowest BCUT2D eigenvalue weighted by atomic mass is 9.98. The van der Waals surface area contributed by atoms with Crippen LogP contribution in [0.15, 0.2) is 48.8 Å². The SMILES string of the molecule is FC(F)(F)c1c2ccccc2cc2cnccc12. The monoisotopic (exact) mass is 247 g/mol. The fourth-order valence-corrected chi connectivity index (χ4v) is 2.22. The quantitative estimate of drug-likeness (QED) is 0.536. The fourth-order valence-electron chi connectivity index (χ4n) is 2.22. The summed E-state index contributed by atoms with van der Waals surface area (Å²) < 4.78 is 39.7. The number of alkyl halides is 3. The number of aromatic nitrogens is 1. The van der Waals surface area contributed by atoms with Crippen LogP contribution >= 0.6 is 0 Å². The summed E-state index contributed by atoms with van der Waals surface area (Å²) in [7, 11) is 0. The number of fused-ring (bicyclic) bond motifs is 2. The van der Waals surface area contributed by atoms with E-state index in [1.165, 1.54) is 24.5 Å². The van der Waals surface area contributed by atoms with E-state index < -0.39 is 11.7 Å². The summed E-state index contributed by atoms with van der Waals surface area (Å²) in [5.74, 6) is 0. The van der Waals surface area contributed by atoms with Gasteiger partial charge in [0.25, 0.3) is 0 Å². The van der Waals surface area contributed by atoms with Gasteiger partial charge in [-0.2, -0.15) is 13.2 Å². The molecular formula is C14H8F3N. The third-order valence-electron chi connectivity index (χ3n) is 2.95. The van der Waals surface area contributed by atoms with Crippen molar-refractivity contribution in [3.63, 3.8) is 0 Å². The predicted molar refractivity (Wildman–Crippen MR) is 64.3 cm³/mol. The lowest BCUT2D eigenvalue weighted by Crippen LogP contribution is -2.07. The van der Waals surface area contributed by atoms with Gasteiger partial charge in [0, 0.05) is 17.8 Å². The van der Waals surface area contributed by atoms with Crippen molar-refractivity contribution in [2.45, 2.75) is 6.18 Å². The summed E-state index contributed by atoms with van der Waals surface area (Å²) in [6.45, 7) is 0. The Balaban J connectivity index is 2.58. The lowest BCUT2D eigenvalue weighted by molar-refractivity contribution is -0.135. The zero-order valence-corrected chi connectivity index (χ0v) is 9.20. The topological polar surface area (TPSA) is 12.9 Å². The number of halogens is 3. The molecule has 1 aromatic heterocycles. The predicted octanol–water partition coefficient (Wildman–Crippen LogP) is 4.41. The molecule has 4 heteroatoms. The summed E-state index contributed by atoms with van der Waals surface area (Å²) in [5, 5.41) is 1.49. The van der Waals surface area contributed by atoms with Gasteiger partial charge >= 0.3 is 6.18 Å². The van der Waals surface area contributed by atoms with Gasteiger partial charge in [0.2, 0.25) is 0 Å². The second kappa shape index (κ2) is 3.70. The smallest absolute Gasteiger partial charge is 0.264 e. The molecule has 18 heavy (non-hydrogen) atoms. The Bertz CT molecular complexity index is 678. The van der Waals surface area contributed by atoms with Gasteiger partial charge in [0.15, 0.2) is 0 Å². The first-order valence-corrected chi connectivity index (χ1v) is 5.40. The van der Waals surface area contributed by atoms with Crippen LogP contribution in [0.3, 0.4) is 0 Å². The van der Waals surface area contributed by atoms with Crippen molar-refractivity contribution in [2.24, 2.45) is 0 Å². The molecule has 0 saturated carbocycles. The van der Waals surface area contributed by atoms with Crippen LogP contribution in [0.5, 0.6) is 0 Å². The molecule has 0 unspecified atom stereocenters. The van der Waals surface area contributed by atoms with Crippen LogP contribution in [-0.4, -0.2) is 4.98 Å². The molecule has 1 nitrogen and oxygen atoms in total. The minimum atomic E-state index is -4.37. The number of hydrogen-bond acceptors (Lipinski definition) is 1. The standard InChI is InChI=1S/C14H8F3N/c15-14(16,17)13-11-4-2-1-3-9(11)7-10-8-18-6-5-12(10)13/h1-8H. The number of hydrogen-bond donors (Lipinski definition) is 0. The Labute approximate surface area is 101 Å². The number of rotatable bonds is 0. The van der Waals surface area contributed by atoms with E-state index in [0.717, 1.165) is 0 Å². The highest BCUT2D eigenvalue weighted by atomic mass is 19.4. The van der Waals surface area contributed by atoms with Crippen LogP contribution in [0.25, 0.3) is 21.5 Å². The van der Waals surface area contributed by atoms with Crippen molar-refractivity contribution in [3.8, 4) is 0 Å². The van der Waals surface area contributed by atoms with Gasteiger partial charge in [-0.15, -0.1) is 0 Å². The Morgan fingerprint density at radius 3 is 2.39 bits per heavy atom. The summed E-state index contributed by atoms with van der Waals surface area (Å²) >= 11 is 0. The van der Waals surface area contributed by atoms with Gasteiger partial charge in [-0.05, 0) is 28.3 Å². The van der Waals surface area contributed by atoms with E-state index in [4.69, 9.17) is 0 Å². The third kappa shape index (κ3) is 1.61. The summed E-state index contributed by atoms with van der Waals surface area (Å²) in [6.07, 6.45) is -1.54. The van der Waals surface area contributed by atoms with Gasteiger partial charge in [0.05, 0.1) is 5.56 Å². The van der Waals surface area contributed by atoms with E-state index in [0.29, 0.717) is 10.8 Å². The van der Waals surface area contributed by atoms with Gasteiger partial charge in [0.1, 0.15) is 0 Å². The zero-order chi connectivity index (χ0) is 12.8. The lowest BCUT2D eigenvalue weighted by Gasteiger charge is -2.13. The molecule has 0 atom stereocenters. The minimum Gasteiger partial charge on any atom is -0.264 e. The maximum absolute atomic E-state index is 13.2. The molecule has 1 heterocycles. The molecule has 90 valence electrons. The van der Waals surface area contributed by atoms with Crippen LogP contribution in [0.1, 0.15) is 5.56 Å². The highest BCUT2D eigenvalue weighted by Crippen LogP contribution is 2.39. The molecule has 0 N–H and O–H groups in total. The van der Waals surface area contributed by atoms with E-state index in [1.54, 1.807) is 24.3 Å². The number of nitrogens with zero attached hydrogens (tertiary/aromatic N) is 1. The Hall–Kier alpha value is -2.10. The van der Waals surface area contributed by atoms with Crippen LogP contribution in [-0.2, 0) is 6.18 Å². The number of pyridine rings is 1. The largest absolute Gasteiger partial charge is 0.417 e. The van der Waals surface area contributed by atoms with Crippen LogP contribution in [0.2, 0.25) is 0 Å². The summed E-state index contributed by atoms with van der Waals surface area (Å²) in [5.41, 5.74) is -0.585. The molecule has 3 aromatic rings. The first-order valence-electron chi connectivity index (χ1n) is 5.40. The fraction of sp³-hybridized carbons (Fsp3) is 0.0714. The molecule has 0 radical (unpaired) electrons. The maximum atomic E-state index is 13.2. The molecule has 2 aromatic carbocycles. The first-order chi connectivity index (χ1) is 8.57. The zero-order valence-electron chi connectivity index (χ0n) is 9.20. The third-order valence-corrected chi connectivity index (χ3v) is 2.95. The van der Waals surface area contributed by atoms with Crippen LogP contribution < -0.4 is 0 Å². The Morgan fingerprint density at radius 2 is 1.61 bits per heavy atom. The Kier molecular flexibility index (Phi) is 2.26. The van der Waals surface area contributed by atoms with Crippen LogP contribution in [0.4, 0.5) is 13.2 Å². The average molecular weight is 247 g/mol. The molecule has 0 amide bonds. The van der Waals surface area contributed by atoms with Gasteiger partial charge in [-0.3, -0.25) is 4.98 Å². The van der Waals surface area contributed by atoms with E-state index >= 15 is 0 Å². The van der Waals surface area contributed by atoms with Crippen molar-refractivity contribution in [3.05, 3.63) is 54.4 Å². The van der Waals surface area contributed by atoms with Crippen LogP contribution in [0, 0.1) is 0 Å². The van der Waals surface area contributed by atoms with Crippen molar-refractivity contribution >= 4 is 21.5 Å². The first kappa shape index (κ1) is 11.0. The normalized spacial score (nSPS) is 12.2. The second-order valence-electron chi connectivity index (χ2n) is 4.07. The number of benzene rings is 2. The molecule has 0 spiro atoms. The molecule has 0 fully saturated rings. The highest BCUT2D eigenvalue weighted by molar-refractivity contribution is 6.02. The minimum absolute atomic E-state index is 0.191. The van der Waals surface area contributed by atoms with E-state index in [2.05, 4.69) is 4.98 Å². The van der Waals surface area contributed by atoms with Gasteiger partial charge in [-0.25, -0.2) is 0 Å². The van der Waals surface area contributed by atoms with E-state index in [-0.39, 0.29) is 10.8 Å². The summed E-state index contributed by atoms with van der Waals surface area (Å²) in [4.78, 5) is 3.88. The second-order valence-corrected chi connectivity index (χ2v) is 4.07. The van der Waals surface area contributed by atoms with Crippen molar-refractivity contribution in [1.29, 1.82) is 0 Å². The molecule has 0 aliphatic heterocycles.